The van der Waals surface area contributed by atoms with Crippen molar-refractivity contribution < 1.29 is 0 Å². The van der Waals surface area contributed by atoms with Gasteiger partial charge in [0.1, 0.15) is 0 Å². The summed E-state index contributed by atoms with van der Waals surface area (Å²) in [5.74, 6) is 0. The van der Waals surface area contributed by atoms with Crippen molar-refractivity contribution in [2.75, 3.05) is 11.1 Å². The molecule has 0 aliphatic heterocycles. The minimum absolute atomic E-state index is 0.628. The maximum absolute atomic E-state index is 5.87. The number of nitrogens with one attached hydrogen (secondary N) is 1. The first-order valence-corrected chi connectivity index (χ1v) is 6.86. The van der Waals surface area contributed by atoms with Crippen LogP contribution in [0.5, 0.6) is 0 Å². The van der Waals surface area contributed by atoms with Crippen LogP contribution in [0.4, 0.5) is 11.4 Å². The first-order chi connectivity index (χ1) is 7.75. The van der Waals surface area contributed by atoms with Crippen molar-refractivity contribution in [3.8, 4) is 0 Å². The molecule has 0 heterocycles. The van der Waals surface area contributed by atoms with Crippen LogP contribution in [0, 0.1) is 0 Å². The van der Waals surface area contributed by atoms with Crippen molar-refractivity contribution in [3.05, 3.63) is 22.7 Å². The van der Waals surface area contributed by atoms with Crippen molar-refractivity contribution in [1.82, 2.24) is 0 Å². The third kappa shape index (κ3) is 3.14. The Hall–Kier alpha value is -0.700. The molecule has 0 amide bonds. The first kappa shape index (κ1) is 11.8. The van der Waals surface area contributed by atoms with Gasteiger partial charge in [-0.15, -0.1) is 0 Å². The maximum Gasteiger partial charge on any atom is 0.0479 e. The Labute approximate surface area is 106 Å². The predicted octanol–water partition coefficient (Wildman–Crippen LogP) is 4.17. The molecule has 0 saturated heterocycles. The molecular weight excluding hydrogens is 264 g/mol. The normalized spacial score (nSPS) is 18.1. The van der Waals surface area contributed by atoms with Gasteiger partial charge < -0.3 is 11.1 Å². The van der Waals surface area contributed by atoms with Crippen LogP contribution < -0.4 is 11.1 Å². The van der Waals surface area contributed by atoms with Gasteiger partial charge in [0, 0.05) is 21.9 Å². The molecule has 0 aromatic heterocycles. The molecular formula is C13H19BrN2. The van der Waals surface area contributed by atoms with Gasteiger partial charge in [-0.3, -0.25) is 0 Å². The van der Waals surface area contributed by atoms with E-state index in [-0.39, 0.29) is 0 Å². The highest BCUT2D eigenvalue weighted by molar-refractivity contribution is 9.10. The summed E-state index contributed by atoms with van der Waals surface area (Å²) < 4.78 is 0.971. The van der Waals surface area contributed by atoms with E-state index in [0.717, 1.165) is 15.8 Å². The van der Waals surface area contributed by atoms with Gasteiger partial charge in [-0.25, -0.2) is 0 Å². The third-order valence-corrected chi connectivity index (χ3v) is 3.94. The van der Waals surface area contributed by atoms with Gasteiger partial charge >= 0.3 is 0 Å². The molecule has 1 saturated carbocycles. The fourth-order valence-corrected chi connectivity index (χ4v) is 2.54. The van der Waals surface area contributed by atoms with Crippen LogP contribution in [0.3, 0.4) is 0 Å². The summed E-state index contributed by atoms with van der Waals surface area (Å²) in [6.45, 7) is 0. The first-order valence-electron chi connectivity index (χ1n) is 6.07. The Morgan fingerprint density at radius 3 is 2.44 bits per heavy atom. The molecule has 0 radical (unpaired) electrons. The number of nitrogen functional groups attached to an aromatic ring is 1. The lowest BCUT2D eigenvalue weighted by Gasteiger charge is -2.18. The van der Waals surface area contributed by atoms with Gasteiger partial charge in [0.2, 0.25) is 0 Å². The zero-order chi connectivity index (χ0) is 11.4. The predicted molar refractivity (Wildman–Crippen MR) is 73.7 cm³/mol. The molecule has 0 bridgehead atoms. The standard InChI is InChI=1S/C13H19BrN2/c14-12-8-7-11(9-13(12)15)16-10-5-3-1-2-4-6-10/h7-10,16H,1-6,15H2. The molecule has 0 spiro atoms. The second kappa shape index (κ2) is 5.58. The number of benzene rings is 1. The van der Waals surface area contributed by atoms with Crippen LogP contribution in [-0.2, 0) is 0 Å². The van der Waals surface area contributed by atoms with Crippen molar-refractivity contribution >= 4 is 27.3 Å². The van der Waals surface area contributed by atoms with Crippen LogP contribution in [0.2, 0.25) is 0 Å². The summed E-state index contributed by atoms with van der Waals surface area (Å²) in [7, 11) is 0. The average Bonchev–Trinajstić information content (AvgIpc) is 2.52. The summed E-state index contributed by atoms with van der Waals surface area (Å²) in [4.78, 5) is 0. The van der Waals surface area contributed by atoms with Gasteiger partial charge in [-0.2, -0.15) is 0 Å². The van der Waals surface area contributed by atoms with Crippen molar-refractivity contribution in [2.45, 2.75) is 44.6 Å². The lowest BCUT2D eigenvalue weighted by atomic mass is 10.1. The quantitative estimate of drug-likeness (QED) is 0.631. The fourth-order valence-electron chi connectivity index (χ4n) is 2.29. The largest absolute Gasteiger partial charge is 0.398 e. The van der Waals surface area contributed by atoms with Crippen LogP contribution in [0.15, 0.2) is 22.7 Å². The van der Waals surface area contributed by atoms with Crippen molar-refractivity contribution in [2.24, 2.45) is 0 Å². The van der Waals surface area contributed by atoms with Crippen LogP contribution in [0.1, 0.15) is 38.5 Å². The number of hydrogen-bond acceptors (Lipinski definition) is 2. The Morgan fingerprint density at radius 2 is 1.81 bits per heavy atom. The zero-order valence-electron chi connectivity index (χ0n) is 9.51. The monoisotopic (exact) mass is 282 g/mol. The van der Waals surface area contributed by atoms with E-state index in [9.17, 15) is 0 Å². The van der Waals surface area contributed by atoms with E-state index in [1.54, 1.807) is 0 Å². The highest BCUT2D eigenvalue weighted by Crippen LogP contribution is 2.25. The Morgan fingerprint density at radius 1 is 1.12 bits per heavy atom. The van der Waals surface area contributed by atoms with E-state index < -0.39 is 0 Å². The number of anilines is 2. The van der Waals surface area contributed by atoms with Crippen molar-refractivity contribution in [3.63, 3.8) is 0 Å². The summed E-state index contributed by atoms with van der Waals surface area (Å²) in [6, 6.07) is 6.73. The number of hydrogen-bond donors (Lipinski definition) is 2. The van der Waals surface area contributed by atoms with E-state index in [2.05, 4.69) is 27.3 Å². The molecule has 1 fully saturated rings. The summed E-state index contributed by atoms with van der Waals surface area (Å²) >= 11 is 3.41. The van der Waals surface area contributed by atoms with Gasteiger partial charge in [0.25, 0.3) is 0 Å². The minimum Gasteiger partial charge on any atom is -0.398 e. The van der Waals surface area contributed by atoms with Gasteiger partial charge in [-0.05, 0) is 47.0 Å². The number of halogens is 1. The number of rotatable bonds is 2. The van der Waals surface area contributed by atoms with E-state index in [0.29, 0.717) is 6.04 Å². The molecule has 3 heteroatoms. The Balaban J connectivity index is 1.99. The van der Waals surface area contributed by atoms with Gasteiger partial charge in [-0.1, -0.05) is 25.7 Å². The third-order valence-electron chi connectivity index (χ3n) is 3.22. The summed E-state index contributed by atoms with van der Waals surface area (Å²) in [5.41, 5.74) is 7.82. The zero-order valence-corrected chi connectivity index (χ0v) is 11.1. The molecule has 1 aliphatic carbocycles. The minimum atomic E-state index is 0.628. The maximum atomic E-state index is 5.87. The molecule has 1 aromatic carbocycles. The highest BCUT2D eigenvalue weighted by Gasteiger charge is 2.11. The lowest BCUT2D eigenvalue weighted by Crippen LogP contribution is -2.18. The van der Waals surface area contributed by atoms with Gasteiger partial charge in [0.05, 0.1) is 0 Å². The van der Waals surface area contributed by atoms with E-state index in [1.165, 1.54) is 38.5 Å². The lowest BCUT2D eigenvalue weighted by molar-refractivity contribution is 0.620. The number of nitrogens with two attached hydrogens (primary N) is 1. The Kier molecular flexibility index (Phi) is 4.10. The van der Waals surface area contributed by atoms with Crippen molar-refractivity contribution in [1.29, 1.82) is 0 Å². The van der Waals surface area contributed by atoms with Crippen LogP contribution in [0.25, 0.3) is 0 Å². The molecule has 3 N–H and O–H groups in total. The SMILES string of the molecule is Nc1cc(NC2CCCCCC2)ccc1Br. The second-order valence-electron chi connectivity index (χ2n) is 4.57. The topological polar surface area (TPSA) is 38.0 Å². The fraction of sp³-hybridized carbons (Fsp3) is 0.538. The molecule has 2 nitrogen and oxygen atoms in total. The summed E-state index contributed by atoms with van der Waals surface area (Å²) in [5, 5.41) is 3.59. The van der Waals surface area contributed by atoms with Crippen LogP contribution >= 0.6 is 15.9 Å². The Bertz CT molecular complexity index is 344. The molecule has 0 atom stereocenters. The second-order valence-corrected chi connectivity index (χ2v) is 5.42. The average molecular weight is 283 g/mol. The molecule has 88 valence electrons. The molecule has 2 rings (SSSR count). The van der Waals surface area contributed by atoms with E-state index in [4.69, 9.17) is 5.73 Å². The molecule has 16 heavy (non-hydrogen) atoms. The molecule has 0 unspecified atom stereocenters. The summed E-state index contributed by atoms with van der Waals surface area (Å²) in [6.07, 6.45) is 8.06. The van der Waals surface area contributed by atoms with E-state index >= 15 is 0 Å². The highest BCUT2D eigenvalue weighted by atomic mass is 79.9. The van der Waals surface area contributed by atoms with Crippen LogP contribution in [-0.4, -0.2) is 6.04 Å². The smallest absolute Gasteiger partial charge is 0.0479 e. The van der Waals surface area contributed by atoms with E-state index in [1.807, 2.05) is 12.1 Å². The molecule has 1 aliphatic rings. The van der Waals surface area contributed by atoms with Gasteiger partial charge in [0.15, 0.2) is 0 Å². The molecule has 1 aromatic rings.